The molecule has 0 aliphatic carbocycles. The normalized spacial score (nSPS) is 10.3. The van der Waals surface area contributed by atoms with Gasteiger partial charge in [0.1, 0.15) is 12.1 Å². The van der Waals surface area contributed by atoms with Crippen LogP contribution in [0.1, 0.15) is 11.5 Å². The van der Waals surface area contributed by atoms with Crippen molar-refractivity contribution in [1.29, 1.82) is 0 Å². The third-order valence-electron chi connectivity index (χ3n) is 1.87. The van der Waals surface area contributed by atoms with Crippen LogP contribution >= 0.6 is 0 Å². The van der Waals surface area contributed by atoms with Crippen molar-refractivity contribution < 1.29 is 0 Å². The number of aromatic nitrogens is 5. The molecule has 78 valence electrons. The summed E-state index contributed by atoms with van der Waals surface area (Å²) in [5.74, 6) is 1.47. The van der Waals surface area contributed by atoms with E-state index in [9.17, 15) is 0 Å². The number of hydrogen-bond acceptors (Lipinski definition) is 5. The molecule has 2 aromatic heterocycles. The lowest BCUT2D eigenvalue weighted by molar-refractivity contribution is 0.746. The number of nitrogens with zero attached hydrogens (tertiary/aromatic N) is 5. The molecule has 6 heteroatoms. The van der Waals surface area contributed by atoms with Crippen LogP contribution in [0.3, 0.4) is 0 Å². The average Bonchev–Trinajstić information content (AvgIpc) is 2.64. The lowest BCUT2D eigenvalue weighted by Gasteiger charge is -2.01. The van der Waals surface area contributed by atoms with Crippen molar-refractivity contribution in [3.05, 3.63) is 30.0 Å². The molecule has 0 atom stereocenters. The molecule has 15 heavy (non-hydrogen) atoms. The van der Waals surface area contributed by atoms with E-state index in [1.54, 1.807) is 11.0 Å². The van der Waals surface area contributed by atoms with Crippen LogP contribution in [0.2, 0.25) is 0 Å². The smallest absolute Gasteiger partial charge is 0.169 e. The van der Waals surface area contributed by atoms with E-state index in [4.69, 9.17) is 0 Å². The Labute approximate surface area is 87.4 Å². The number of anilines is 1. The second kappa shape index (κ2) is 4.04. The van der Waals surface area contributed by atoms with Crippen molar-refractivity contribution in [2.75, 3.05) is 5.32 Å². The third-order valence-corrected chi connectivity index (χ3v) is 1.87. The Morgan fingerprint density at radius 1 is 1.33 bits per heavy atom. The van der Waals surface area contributed by atoms with Gasteiger partial charge in [0.25, 0.3) is 0 Å². The standard InChI is InChI=1S/C9H12N6/c1-7-3-4-8(13-12-7)10-5-9-11-6-15(2)14-9/h3-4,6H,5H2,1-2H3,(H,10,13). The second-order valence-corrected chi connectivity index (χ2v) is 3.25. The highest BCUT2D eigenvalue weighted by Crippen LogP contribution is 2.02. The van der Waals surface area contributed by atoms with Gasteiger partial charge in [0.15, 0.2) is 5.82 Å². The highest BCUT2D eigenvalue weighted by molar-refractivity contribution is 5.32. The van der Waals surface area contributed by atoms with Gasteiger partial charge in [-0.15, -0.1) is 5.10 Å². The van der Waals surface area contributed by atoms with Gasteiger partial charge in [-0.05, 0) is 19.1 Å². The molecule has 2 aromatic rings. The molecule has 0 fully saturated rings. The quantitative estimate of drug-likeness (QED) is 0.789. The summed E-state index contributed by atoms with van der Waals surface area (Å²) >= 11 is 0. The molecular formula is C9H12N6. The SMILES string of the molecule is Cc1ccc(NCc2ncn(C)n2)nn1. The molecule has 0 aliphatic heterocycles. The van der Waals surface area contributed by atoms with Gasteiger partial charge in [-0.2, -0.15) is 10.2 Å². The largest absolute Gasteiger partial charge is 0.361 e. The van der Waals surface area contributed by atoms with Gasteiger partial charge in [-0.1, -0.05) is 0 Å². The topological polar surface area (TPSA) is 68.5 Å². The minimum Gasteiger partial charge on any atom is -0.361 e. The molecule has 0 saturated carbocycles. The van der Waals surface area contributed by atoms with Gasteiger partial charge in [-0.3, -0.25) is 4.68 Å². The molecule has 0 unspecified atom stereocenters. The summed E-state index contributed by atoms with van der Waals surface area (Å²) in [6, 6.07) is 3.78. The molecule has 0 aliphatic rings. The first-order chi connectivity index (χ1) is 7.24. The average molecular weight is 204 g/mol. The number of hydrogen-bond donors (Lipinski definition) is 1. The molecule has 2 heterocycles. The predicted molar refractivity (Wildman–Crippen MR) is 55.1 cm³/mol. The van der Waals surface area contributed by atoms with E-state index < -0.39 is 0 Å². The van der Waals surface area contributed by atoms with E-state index in [-0.39, 0.29) is 0 Å². The van der Waals surface area contributed by atoms with Crippen LogP contribution in [0.5, 0.6) is 0 Å². The monoisotopic (exact) mass is 204 g/mol. The van der Waals surface area contributed by atoms with Crippen LogP contribution in [0.15, 0.2) is 18.5 Å². The molecule has 6 nitrogen and oxygen atoms in total. The molecule has 0 bridgehead atoms. The predicted octanol–water partition coefficient (Wildman–Crippen LogP) is 0.526. The van der Waals surface area contributed by atoms with Crippen LogP contribution < -0.4 is 5.32 Å². The van der Waals surface area contributed by atoms with E-state index in [0.29, 0.717) is 6.54 Å². The molecule has 0 spiro atoms. The number of aryl methyl sites for hydroxylation is 2. The summed E-state index contributed by atoms with van der Waals surface area (Å²) in [6.45, 7) is 2.45. The van der Waals surface area contributed by atoms with Gasteiger partial charge >= 0.3 is 0 Å². The maximum Gasteiger partial charge on any atom is 0.169 e. The molecule has 1 N–H and O–H groups in total. The lowest BCUT2D eigenvalue weighted by Crippen LogP contribution is -2.04. The Morgan fingerprint density at radius 2 is 2.20 bits per heavy atom. The lowest BCUT2D eigenvalue weighted by atomic mass is 10.4. The first-order valence-electron chi connectivity index (χ1n) is 4.63. The maximum absolute atomic E-state index is 4.14. The van der Waals surface area contributed by atoms with Gasteiger partial charge in [0.05, 0.1) is 12.2 Å². The Balaban J connectivity index is 1.96. The summed E-state index contributed by atoms with van der Waals surface area (Å²) in [4.78, 5) is 4.09. The summed E-state index contributed by atoms with van der Waals surface area (Å²) in [5.41, 5.74) is 0.900. The fourth-order valence-corrected chi connectivity index (χ4v) is 1.13. The zero-order valence-corrected chi connectivity index (χ0v) is 8.68. The highest BCUT2D eigenvalue weighted by Gasteiger charge is 1.99. The van der Waals surface area contributed by atoms with Crippen molar-refractivity contribution >= 4 is 5.82 Å². The Bertz CT molecular complexity index is 432. The van der Waals surface area contributed by atoms with Crippen LogP contribution in [0.4, 0.5) is 5.82 Å². The Hall–Kier alpha value is -1.98. The first kappa shape index (κ1) is 9.57. The Morgan fingerprint density at radius 3 is 2.80 bits per heavy atom. The van der Waals surface area contributed by atoms with Crippen molar-refractivity contribution in [2.24, 2.45) is 7.05 Å². The molecule has 0 saturated heterocycles. The minimum absolute atomic E-state index is 0.554. The molecule has 0 aromatic carbocycles. The zero-order chi connectivity index (χ0) is 10.7. The summed E-state index contributed by atoms with van der Waals surface area (Å²) in [6.07, 6.45) is 1.66. The summed E-state index contributed by atoms with van der Waals surface area (Å²) in [7, 11) is 1.84. The van der Waals surface area contributed by atoms with Gasteiger partial charge < -0.3 is 5.32 Å². The summed E-state index contributed by atoms with van der Waals surface area (Å²) in [5, 5.41) is 15.1. The van der Waals surface area contributed by atoms with Crippen LogP contribution in [-0.2, 0) is 13.6 Å². The summed E-state index contributed by atoms with van der Waals surface area (Å²) < 4.78 is 1.66. The highest BCUT2D eigenvalue weighted by atomic mass is 15.3. The van der Waals surface area contributed by atoms with E-state index in [2.05, 4.69) is 25.6 Å². The van der Waals surface area contributed by atoms with E-state index >= 15 is 0 Å². The maximum atomic E-state index is 4.14. The first-order valence-corrected chi connectivity index (χ1v) is 4.63. The number of rotatable bonds is 3. The van der Waals surface area contributed by atoms with Crippen LogP contribution in [0, 0.1) is 6.92 Å². The number of nitrogens with one attached hydrogen (secondary N) is 1. The zero-order valence-electron chi connectivity index (χ0n) is 8.68. The molecular weight excluding hydrogens is 192 g/mol. The molecule has 0 amide bonds. The van der Waals surface area contributed by atoms with Gasteiger partial charge in [0.2, 0.25) is 0 Å². The fraction of sp³-hybridized carbons (Fsp3) is 0.333. The molecule has 0 radical (unpaired) electrons. The van der Waals surface area contributed by atoms with Crippen LogP contribution in [0.25, 0.3) is 0 Å². The van der Waals surface area contributed by atoms with E-state index in [1.165, 1.54) is 0 Å². The van der Waals surface area contributed by atoms with E-state index in [0.717, 1.165) is 17.3 Å². The van der Waals surface area contributed by atoms with Crippen molar-refractivity contribution in [3.63, 3.8) is 0 Å². The fourth-order valence-electron chi connectivity index (χ4n) is 1.13. The second-order valence-electron chi connectivity index (χ2n) is 3.25. The van der Waals surface area contributed by atoms with Crippen LogP contribution in [-0.4, -0.2) is 25.0 Å². The minimum atomic E-state index is 0.554. The van der Waals surface area contributed by atoms with Gasteiger partial charge in [0, 0.05) is 7.05 Å². The van der Waals surface area contributed by atoms with E-state index in [1.807, 2.05) is 26.1 Å². The third kappa shape index (κ3) is 2.49. The Kier molecular flexibility index (Phi) is 2.57. The molecule has 2 rings (SSSR count). The van der Waals surface area contributed by atoms with Crippen molar-refractivity contribution in [3.8, 4) is 0 Å². The van der Waals surface area contributed by atoms with Crippen molar-refractivity contribution in [1.82, 2.24) is 25.0 Å². The van der Waals surface area contributed by atoms with Gasteiger partial charge in [-0.25, -0.2) is 4.98 Å². The van der Waals surface area contributed by atoms with Crippen molar-refractivity contribution in [2.45, 2.75) is 13.5 Å².